The number of nitrogens with one attached hydrogen (secondary N) is 1. The van der Waals surface area contributed by atoms with Crippen molar-refractivity contribution in [2.24, 2.45) is 11.8 Å². The first-order valence-electron chi connectivity index (χ1n) is 4.38. The van der Waals surface area contributed by atoms with E-state index in [1.54, 1.807) is 6.26 Å². The molecule has 1 saturated carbocycles. The van der Waals surface area contributed by atoms with E-state index in [-0.39, 0.29) is 0 Å². The highest BCUT2D eigenvalue weighted by Gasteiger charge is 2.30. The van der Waals surface area contributed by atoms with Crippen LogP contribution in [0.1, 0.15) is 18.6 Å². The Kier molecular flexibility index (Phi) is 2.15. The van der Waals surface area contributed by atoms with Crippen LogP contribution in [0.5, 0.6) is 0 Å². The Morgan fingerprint density at radius 1 is 1.67 bits per heavy atom. The van der Waals surface area contributed by atoms with E-state index in [0.717, 1.165) is 18.1 Å². The van der Waals surface area contributed by atoms with Crippen molar-refractivity contribution in [1.29, 1.82) is 0 Å². The van der Waals surface area contributed by atoms with Crippen molar-refractivity contribution in [2.75, 3.05) is 0 Å². The molecule has 0 saturated heterocycles. The molecule has 1 aromatic heterocycles. The van der Waals surface area contributed by atoms with E-state index in [1.165, 1.54) is 12.8 Å². The van der Waals surface area contributed by atoms with Gasteiger partial charge in [-0.3, -0.25) is 11.3 Å². The molecule has 1 heterocycles. The molecule has 0 aromatic carbocycles. The minimum absolute atomic E-state index is 0.399. The van der Waals surface area contributed by atoms with E-state index < -0.39 is 0 Å². The van der Waals surface area contributed by atoms with Crippen molar-refractivity contribution >= 4 is 0 Å². The molecule has 3 heteroatoms. The normalized spacial score (nSPS) is 19.4. The fraction of sp³-hybridized carbons (Fsp3) is 0.556. The van der Waals surface area contributed by atoms with Crippen LogP contribution in [-0.4, -0.2) is 6.04 Å². The molecule has 12 heavy (non-hydrogen) atoms. The summed E-state index contributed by atoms with van der Waals surface area (Å²) >= 11 is 0. The first kappa shape index (κ1) is 7.83. The number of hydrazine groups is 1. The number of hydrogen-bond acceptors (Lipinski definition) is 3. The molecule has 66 valence electrons. The van der Waals surface area contributed by atoms with Gasteiger partial charge in [-0.1, -0.05) is 0 Å². The average Bonchev–Trinajstić information content (AvgIpc) is 2.80. The van der Waals surface area contributed by atoms with Crippen LogP contribution in [-0.2, 0) is 6.42 Å². The van der Waals surface area contributed by atoms with Gasteiger partial charge in [0.15, 0.2) is 0 Å². The van der Waals surface area contributed by atoms with Gasteiger partial charge in [0.25, 0.3) is 0 Å². The van der Waals surface area contributed by atoms with Gasteiger partial charge in [0.2, 0.25) is 0 Å². The standard InChI is InChI=1S/C9H14N2O/c10-11-9(7-3-4-7)6-8-2-1-5-12-8/h1-2,5,7,9,11H,3-4,6,10H2. The predicted molar refractivity (Wildman–Crippen MR) is 46.2 cm³/mol. The van der Waals surface area contributed by atoms with Crippen LogP contribution < -0.4 is 11.3 Å². The maximum absolute atomic E-state index is 5.44. The number of nitrogens with two attached hydrogens (primary N) is 1. The van der Waals surface area contributed by atoms with E-state index >= 15 is 0 Å². The third kappa shape index (κ3) is 1.68. The monoisotopic (exact) mass is 166 g/mol. The maximum Gasteiger partial charge on any atom is 0.105 e. The molecule has 3 N–H and O–H groups in total. The Hall–Kier alpha value is -0.800. The largest absolute Gasteiger partial charge is 0.469 e. The molecule has 0 spiro atoms. The Morgan fingerprint density at radius 2 is 2.50 bits per heavy atom. The molecule has 1 fully saturated rings. The lowest BCUT2D eigenvalue weighted by atomic mass is 10.1. The summed E-state index contributed by atoms with van der Waals surface area (Å²) in [5.74, 6) is 7.22. The number of hydrogen-bond donors (Lipinski definition) is 2. The second kappa shape index (κ2) is 3.29. The van der Waals surface area contributed by atoms with Gasteiger partial charge in [0.1, 0.15) is 5.76 Å². The lowest BCUT2D eigenvalue weighted by molar-refractivity contribution is 0.417. The quantitative estimate of drug-likeness (QED) is 0.519. The molecule has 0 bridgehead atoms. The highest BCUT2D eigenvalue weighted by Crippen LogP contribution is 2.33. The Morgan fingerprint density at radius 3 is 3.00 bits per heavy atom. The van der Waals surface area contributed by atoms with E-state index in [9.17, 15) is 0 Å². The van der Waals surface area contributed by atoms with Gasteiger partial charge in [-0.25, -0.2) is 0 Å². The van der Waals surface area contributed by atoms with Gasteiger partial charge in [-0.2, -0.15) is 0 Å². The van der Waals surface area contributed by atoms with E-state index in [4.69, 9.17) is 10.3 Å². The highest BCUT2D eigenvalue weighted by atomic mass is 16.3. The van der Waals surface area contributed by atoms with Crippen molar-refractivity contribution in [3.8, 4) is 0 Å². The van der Waals surface area contributed by atoms with E-state index in [1.807, 2.05) is 12.1 Å². The van der Waals surface area contributed by atoms with Gasteiger partial charge < -0.3 is 4.42 Å². The SMILES string of the molecule is NNC(Cc1ccco1)C1CC1. The molecule has 1 atom stereocenters. The summed E-state index contributed by atoms with van der Waals surface area (Å²) in [6.45, 7) is 0. The fourth-order valence-corrected chi connectivity index (χ4v) is 1.51. The van der Waals surface area contributed by atoms with Crippen LogP contribution >= 0.6 is 0 Å². The first-order chi connectivity index (χ1) is 5.90. The highest BCUT2D eigenvalue weighted by molar-refractivity contribution is 5.02. The topological polar surface area (TPSA) is 51.2 Å². The lowest BCUT2D eigenvalue weighted by Crippen LogP contribution is -2.38. The van der Waals surface area contributed by atoms with Gasteiger partial charge in [0.05, 0.1) is 6.26 Å². The van der Waals surface area contributed by atoms with E-state index in [2.05, 4.69) is 5.43 Å². The molecule has 2 rings (SSSR count). The molecule has 3 nitrogen and oxygen atoms in total. The van der Waals surface area contributed by atoms with Gasteiger partial charge >= 0.3 is 0 Å². The summed E-state index contributed by atoms with van der Waals surface area (Å²) in [5.41, 5.74) is 2.84. The van der Waals surface area contributed by atoms with Crippen LogP contribution in [0.15, 0.2) is 22.8 Å². The Labute approximate surface area is 71.9 Å². The predicted octanol–water partition coefficient (Wildman–Crippen LogP) is 1.06. The minimum Gasteiger partial charge on any atom is -0.469 e. The molecule has 0 amide bonds. The molecular formula is C9H14N2O. The molecule has 0 radical (unpaired) electrons. The smallest absolute Gasteiger partial charge is 0.105 e. The zero-order valence-corrected chi connectivity index (χ0v) is 6.99. The Bertz CT molecular complexity index is 229. The molecule has 1 aliphatic carbocycles. The summed E-state index contributed by atoms with van der Waals surface area (Å²) in [4.78, 5) is 0. The molecular weight excluding hydrogens is 152 g/mol. The van der Waals surface area contributed by atoms with Crippen LogP contribution in [0.3, 0.4) is 0 Å². The average molecular weight is 166 g/mol. The zero-order valence-electron chi connectivity index (χ0n) is 6.99. The van der Waals surface area contributed by atoms with E-state index in [0.29, 0.717) is 6.04 Å². The van der Waals surface area contributed by atoms with Crippen LogP contribution in [0.2, 0.25) is 0 Å². The third-order valence-electron chi connectivity index (χ3n) is 2.41. The first-order valence-corrected chi connectivity index (χ1v) is 4.38. The van der Waals surface area contributed by atoms with Crippen molar-refractivity contribution in [2.45, 2.75) is 25.3 Å². The van der Waals surface area contributed by atoms with Crippen molar-refractivity contribution < 1.29 is 4.42 Å². The second-order valence-corrected chi connectivity index (χ2v) is 3.39. The van der Waals surface area contributed by atoms with Crippen molar-refractivity contribution in [3.63, 3.8) is 0 Å². The molecule has 1 unspecified atom stereocenters. The Balaban J connectivity index is 1.91. The summed E-state index contributed by atoms with van der Waals surface area (Å²) in [7, 11) is 0. The summed E-state index contributed by atoms with van der Waals surface area (Å²) < 4.78 is 5.25. The third-order valence-corrected chi connectivity index (χ3v) is 2.41. The summed E-state index contributed by atoms with van der Waals surface area (Å²) in [6.07, 6.45) is 5.22. The van der Waals surface area contributed by atoms with Crippen molar-refractivity contribution in [1.82, 2.24) is 5.43 Å². The van der Waals surface area contributed by atoms with Crippen LogP contribution in [0.25, 0.3) is 0 Å². The van der Waals surface area contributed by atoms with Crippen LogP contribution in [0, 0.1) is 5.92 Å². The number of furan rings is 1. The van der Waals surface area contributed by atoms with Gasteiger partial charge in [-0.15, -0.1) is 0 Å². The number of rotatable bonds is 4. The molecule has 1 aliphatic rings. The van der Waals surface area contributed by atoms with Gasteiger partial charge in [0, 0.05) is 12.5 Å². The molecule has 1 aromatic rings. The summed E-state index contributed by atoms with van der Waals surface area (Å²) in [5, 5.41) is 0. The minimum atomic E-state index is 0.399. The lowest BCUT2D eigenvalue weighted by Gasteiger charge is -2.12. The van der Waals surface area contributed by atoms with Gasteiger partial charge in [-0.05, 0) is 30.9 Å². The maximum atomic E-state index is 5.44. The zero-order chi connectivity index (χ0) is 8.39. The molecule has 0 aliphatic heterocycles. The summed E-state index contributed by atoms with van der Waals surface area (Å²) in [6, 6.07) is 4.30. The van der Waals surface area contributed by atoms with Crippen molar-refractivity contribution in [3.05, 3.63) is 24.2 Å². The fourth-order valence-electron chi connectivity index (χ4n) is 1.51. The van der Waals surface area contributed by atoms with Crippen LogP contribution in [0.4, 0.5) is 0 Å². The second-order valence-electron chi connectivity index (χ2n) is 3.39.